The summed E-state index contributed by atoms with van der Waals surface area (Å²) in [6.45, 7) is 2.33. The van der Waals surface area contributed by atoms with E-state index in [1.807, 2.05) is 24.3 Å². The molecule has 2 aromatic rings. The number of aromatic hydroxyl groups is 2. The minimum absolute atomic E-state index is 0.0862. The van der Waals surface area contributed by atoms with Crippen LogP contribution in [0.15, 0.2) is 48.5 Å². The van der Waals surface area contributed by atoms with Crippen LogP contribution >= 0.6 is 0 Å². The fraction of sp³-hybridized carbons (Fsp3) is 0.368. The number of rotatable bonds is 2. The maximum Gasteiger partial charge on any atom is 0.115 e. The van der Waals surface area contributed by atoms with Crippen molar-refractivity contribution in [2.24, 2.45) is 0 Å². The molecule has 1 saturated carbocycles. The van der Waals surface area contributed by atoms with Gasteiger partial charge >= 0.3 is 0 Å². The lowest BCUT2D eigenvalue weighted by Crippen LogP contribution is -2.33. The summed E-state index contributed by atoms with van der Waals surface area (Å²) in [6.07, 6.45) is 4.82. The van der Waals surface area contributed by atoms with Crippen LogP contribution < -0.4 is 0 Å². The average molecular weight is 282 g/mol. The van der Waals surface area contributed by atoms with Crippen LogP contribution in [-0.4, -0.2) is 10.2 Å². The second-order valence-corrected chi connectivity index (χ2v) is 6.35. The molecule has 0 bridgehead atoms. The van der Waals surface area contributed by atoms with Crippen molar-refractivity contribution >= 4 is 0 Å². The van der Waals surface area contributed by atoms with Gasteiger partial charge in [0.05, 0.1) is 0 Å². The first-order valence-electron chi connectivity index (χ1n) is 7.68. The second kappa shape index (κ2) is 5.44. The third kappa shape index (κ3) is 2.63. The maximum absolute atomic E-state index is 9.52. The lowest BCUT2D eigenvalue weighted by atomic mass is 9.61. The van der Waals surface area contributed by atoms with Crippen molar-refractivity contribution in [2.75, 3.05) is 0 Å². The molecular weight excluding hydrogens is 260 g/mol. The molecule has 110 valence electrons. The summed E-state index contributed by atoms with van der Waals surface area (Å²) in [5.74, 6) is 1.09. The van der Waals surface area contributed by atoms with Crippen LogP contribution in [0.25, 0.3) is 0 Å². The number of phenolic OH excluding ortho intramolecular Hbond substituents is 2. The molecule has 2 aromatic carbocycles. The Morgan fingerprint density at radius 2 is 1.43 bits per heavy atom. The number of hydrogen-bond acceptors (Lipinski definition) is 2. The Balaban J connectivity index is 2.00. The Hall–Kier alpha value is -1.96. The summed E-state index contributed by atoms with van der Waals surface area (Å²) < 4.78 is 0. The van der Waals surface area contributed by atoms with Gasteiger partial charge in [0.1, 0.15) is 11.5 Å². The lowest BCUT2D eigenvalue weighted by molar-refractivity contribution is 0.270. The van der Waals surface area contributed by atoms with Crippen molar-refractivity contribution in [2.45, 2.75) is 43.9 Å². The third-order valence-electron chi connectivity index (χ3n) is 5.03. The highest BCUT2D eigenvalue weighted by Gasteiger charge is 2.38. The molecule has 2 heteroatoms. The minimum Gasteiger partial charge on any atom is -0.508 e. The Morgan fingerprint density at radius 3 is 2.05 bits per heavy atom. The number of hydrogen-bond donors (Lipinski definition) is 2. The fourth-order valence-corrected chi connectivity index (χ4v) is 3.76. The maximum atomic E-state index is 9.52. The molecule has 1 aliphatic carbocycles. The topological polar surface area (TPSA) is 40.5 Å². The zero-order valence-corrected chi connectivity index (χ0v) is 12.4. The Morgan fingerprint density at radius 1 is 0.857 bits per heavy atom. The fourth-order valence-electron chi connectivity index (χ4n) is 3.76. The van der Waals surface area contributed by atoms with Crippen LogP contribution in [0.1, 0.15) is 49.7 Å². The monoisotopic (exact) mass is 282 g/mol. The van der Waals surface area contributed by atoms with Crippen molar-refractivity contribution in [1.82, 2.24) is 0 Å². The van der Waals surface area contributed by atoms with Crippen molar-refractivity contribution in [3.8, 4) is 11.5 Å². The summed E-state index contributed by atoms with van der Waals surface area (Å²) in [6, 6.07) is 15.3. The van der Waals surface area contributed by atoms with Gasteiger partial charge in [-0.1, -0.05) is 44.0 Å². The van der Waals surface area contributed by atoms with E-state index in [0.717, 1.165) is 6.42 Å². The van der Waals surface area contributed by atoms with Gasteiger partial charge < -0.3 is 10.2 Å². The quantitative estimate of drug-likeness (QED) is 0.837. The van der Waals surface area contributed by atoms with Crippen LogP contribution in [0.2, 0.25) is 0 Å². The summed E-state index contributed by atoms with van der Waals surface area (Å²) in [4.78, 5) is 0. The summed E-state index contributed by atoms with van der Waals surface area (Å²) in [7, 11) is 0. The van der Waals surface area contributed by atoms with E-state index in [0.29, 0.717) is 17.4 Å². The van der Waals surface area contributed by atoms with E-state index >= 15 is 0 Å². The molecule has 2 unspecified atom stereocenters. The van der Waals surface area contributed by atoms with Gasteiger partial charge in [0.2, 0.25) is 0 Å². The first-order chi connectivity index (χ1) is 10.1. The van der Waals surface area contributed by atoms with Gasteiger partial charge in [-0.25, -0.2) is 0 Å². The average Bonchev–Trinajstić information content (AvgIpc) is 2.49. The van der Waals surface area contributed by atoms with Crippen molar-refractivity contribution in [1.29, 1.82) is 0 Å². The van der Waals surface area contributed by atoms with Crippen LogP contribution in [0, 0.1) is 0 Å². The summed E-state index contributed by atoms with van der Waals surface area (Å²) >= 11 is 0. The van der Waals surface area contributed by atoms with E-state index in [1.54, 1.807) is 24.3 Å². The van der Waals surface area contributed by atoms with Gasteiger partial charge in [0, 0.05) is 0 Å². The molecular formula is C19H22O2. The van der Waals surface area contributed by atoms with Gasteiger partial charge in [0.15, 0.2) is 0 Å². The molecule has 0 amide bonds. The first-order valence-corrected chi connectivity index (χ1v) is 7.68. The normalized spacial score (nSPS) is 25.7. The molecule has 0 aliphatic heterocycles. The molecule has 21 heavy (non-hydrogen) atoms. The molecule has 3 rings (SSSR count). The zero-order valence-electron chi connectivity index (χ0n) is 12.4. The van der Waals surface area contributed by atoms with Crippen LogP contribution in [0.3, 0.4) is 0 Å². The first kappa shape index (κ1) is 14.0. The van der Waals surface area contributed by atoms with Gasteiger partial charge in [-0.2, -0.15) is 0 Å². The predicted octanol–water partition coefficient (Wildman–Crippen LogP) is 4.71. The van der Waals surface area contributed by atoms with Gasteiger partial charge in [-0.15, -0.1) is 0 Å². The smallest absolute Gasteiger partial charge is 0.115 e. The molecule has 2 N–H and O–H groups in total. The second-order valence-electron chi connectivity index (χ2n) is 6.35. The van der Waals surface area contributed by atoms with Crippen molar-refractivity contribution in [3.05, 3.63) is 59.7 Å². The molecule has 1 aliphatic rings. The van der Waals surface area contributed by atoms with E-state index in [9.17, 15) is 10.2 Å². The largest absolute Gasteiger partial charge is 0.508 e. The minimum atomic E-state index is 0.0862. The molecule has 0 aromatic heterocycles. The number of benzene rings is 2. The molecule has 1 fully saturated rings. The van der Waals surface area contributed by atoms with Crippen LogP contribution in [0.4, 0.5) is 0 Å². The van der Waals surface area contributed by atoms with Gasteiger partial charge in [-0.05, 0) is 59.6 Å². The van der Waals surface area contributed by atoms with E-state index in [2.05, 4.69) is 6.92 Å². The zero-order chi connectivity index (χ0) is 14.9. The van der Waals surface area contributed by atoms with Crippen LogP contribution in [0.5, 0.6) is 11.5 Å². The van der Waals surface area contributed by atoms with Gasteiger partial charge in [0.25, 0.3) is 0 Å². The van der Waals surface area contributed by atoms with Crippen LogP contribution in [-0.2, 0) is 5.41 Å². The SMILES string of the molecule is CC1(c2ccc(O)cc2)CCCCC1c1ccc(O)cc1. The lowest BCUT2D eigenvalue weighted by Gasteiger charge is -2.42. The molecule has 0 saturated heterocycles. The highest BCUT2D eigenvalue weighted by molar-refractivity contribution is 5.38. The van der Waals surface area contributed by atoms with E-state index in [4.69, 9.17) is 0 Å². The molecule has 0 spiro atoms. The number of phenols is 2. The molecule has 0 radical (unpaired) electrons. The standard InChI is InChI=1S/C19H22O2/c1-19(15-7-11-17(21)12-8-15)13-3-2-4-18(19)14-5-9-16(20)10-6-14/h5-12,18,20-21H,2-4,13H2,1H3. The Bertz CT molecular complexity index is 600. The summed E-state index contributed by atoms with van der Waals surface area (Å²) in [5.41, 5.74) is 2.67. The van der Waals surface area contributed by atoms with Crippen molar-refractivity contribution in [3.63, 3.8) is 0 Å². The predicted molar refractivity (Wildman–Crippen MR) is 84.8 cm³/mol. The molecule has 0 heterocycles. The molecule has 2 nitrogen and oxygen atoms in total. The van der Waals surface area contributed by atoms with Crippen molar-refractivity contribution < 1.29 is 10.2 Å². The van der Waals surface area contributed by atoms with E-state index in [1.165, 1.54) is 30.4 Å². The Kier molecular flexibility index (Phi) is 3.62. The highest BCUT2D eigenvalue weighted by atomic mass is 16.3. The van der Waals surface area contributed by atoms with Gasteiger partial charge in [-0.3, -0.25) is 0 Å². The third-order valence-corrected chi connectivity index (χ3v) is 5.03. The Labute approximate surface area is 126 Å². The molecule has 2 atom stereocenters. The van der Waals surface area contributed by atoms with E-state index in [-0.39, 0.29) is 5.41 Å². The van der Waals surface area contributed by atoms with E-state index < -0.39 is 0 Å². The summed E-state index contributed by atoms with van der Waals surface area (Å²) in [5, 5.41) is 19.0. The highest BCUT2D eigenvalue weighted by Crippen LogP contribution is 2.49.